The molecule has 0 radical (unpaired) electrons. The first-order valence-electron chi connectivity index (χ1n) is 11.6. The highest BCUT2D eigenvalue weighted by atomic mass is 32.1. The fourth-order valence-electron chi connectivity index (χ4n) is 3.40. The first kappa shape index (κ1) is 23.0. The molecule has 172 valence electrons. The highest BCUT2D eigenvalue weighted by Crippen LogP contribution is 2.22. The van der Waals surface area contributed by atoms with E-state index in [1.165, 1.54) is 15.9 Å². The van der Waals surface area contributed by atoms with Gasteiger partial charge in [-0.05, 0) is 49.2 Å². The summed E-state index contributed by atoms with van der Waals surface area (Å²) in [5.41, 5.74) is 1.56. The molecule has 4 rings (SSSR count). The molecular formula is C26H29N3O3S. The third kappa shape index (κ3) is 5.60. The third-order valence-electron chi connectivity index (χ3n) is 5.27. The van der Waals surface area contributed by atoms with E-state index in [1.54, 1.807) is 0 Å². The molecule has 2 heterocycles. The molecule has 2 aromatic heterocycles. The fourth-order valence-corrected chi connectivity index (χ4v) is 4.30. The number of ether oxygens (including phenoxy) is 2. The topological polar surface area (TPSA) is 65.7 Å². The number of benzene rings is 2. The number of rotatable bonds is 11. The van der Waals surface area contributed by atoms with Crippen molar-refractivity contribution in [3.05, 3.63) is 69.0 Å². The molecule has 6 nitrogen and oxygen atoms in total. The van der Waals surface area contributed by atoms with Crippen LogP contribution in [0, 0.1) is 0 Å². The Kier molecular flexibility index (Phi) is 7.73. The van der Waals surface area contributed by atoms with Crippen molar-refractivity contribution in [2.45, 2.75) is 46.0 Å². The fraction of sp³-hybridized carbons (Fsp3) is 0.346. The largest absolute Gasteiger partial charge is 0.494 e. The van der Waals surface area contributed by atoms with E-state index >= 15 is 0 Å². The summed E-state index contributed by atoms with van der Waals surface area (Å²) < 4.78 is 13.6. The molecule has 0 aliphatic heterocycles. The molecule has 0 aliphatic rings. The molecule has 4 aromatic rings. The van der Waals surface area contributed by atoms with Gasteiger partial charge in [-0.25, -0.2) is 0 Å². The first-order valence-corrected chi connectivity index (χ1v) is 12.4. The molecular weight excluding hydrogens is 434 g/mol. The molecule has 33 heavy (non-hydrogen) atoms. The van der Waals surface area contributed by atoms with Gasteiger partial charge in [0.2, 0.25) is 4.96 Å². The summed E-state index contributed by atoms with van der Waals surface area (Å²) in [5, 5.41) is 4.45. The zero-order valence-electron chi connectivity index (χ0n) is 19.1. The minimum atomic E-state index is -0.172. The summed E-state index contributed by atoms with van der Waals surface area (Å²) in [6.45, 7) is 5.68. The van der Waals surface area contributed by atoms with Crippen LogP contribution in [0.1, 0.15) is 51.5 Å². The molecule has 0 spiro atoms. The highest BCUT2D eigenvalue weighted by molar-refractivity contribution is 7.15. The van der Waals surface area contributed by atoms with Gasteiger partial charge in [0, 0.05) is 11.1 Å². The van der Waals surface area contributed by atoms with Gasteiger partial charge in [-0.15, -0.1) is 5.10 Å². The number of unbranched alkanes of at least 4 members (excludes halogenated alkanes) is 3. The lowest BCUT2D eigenvalue weighted by Crippen LogP contribution is -2.23. The Morgan fingerprint density at radius 2 is 1.70 bits per heavy atom. The van der Waals surface area contributed by atoms with Gasteiger partial charge in [0.05, 0.1) is 17.7 Å². The number of thiazole rings is 1. The molecule has 2 aromatic carbocycles. The van der Waals surface area contributed by atoms with E-state index in [0.29, 0.717) is 28.5 Å². The molecule has 0 atom stereocenters. The number of fused-ring (bicyclic) bond motifs is 1. The monoisotopic (exact) mass is 463 g/mol. The van der Waals surface area contributed by atoms with Gasteiger partial charge in [-0.2, -0.15) is 9.50 Å². The Bertz CT molecular complexity index is 1290. The maximum atomic E-state index is 13.0. The van der Waals surface area contributed by atoms with E-state index in [9.17, 15) is 4.79 Å². The lowest BCUT2D eigenvalue weighted by molar-refractivity contribution is 0.305. The lowest BCUT2D eigenvalue weighted by Gasteiger charge is -2.08. The molecule has 0 amide bonds. The van der Waals surface area contributed by atoms with Crippen molar-refractivity contribution in [1.29, 1.82) is 0 Å². The summed E-state index contributed by atoms with van der Waals surface area (Å²) in [6.07, 6.45) is 7.30. The van der Waals surface area contributed by atoms with Crippen LogP contribution < -0.4 is 19.6 Å². The van der Waals surface area contributed by atoms with Crippen molar-refractivity contribution in [3.8, 4) is 22.9 Å². The van der Waals surface area contributed by atoms with E-state index < -0.39 is 0 Å². The second-order valence-corrected chi connectivity index (χ2v) is 8.87. The second-order valence-electron chi connectivity index (χ2n) is 7.87. The quantitative estimate of drug-likeness (QED) is 0.289. The highest BCUT2D eigenvalue weighted by Gasteiger charge is 2.13. The van der Waals surface area contributed by atoms with Crippen molar-refractivity contribution >= 4 is 22.4 Å². The number of hydrogen-bond donors (Lipinski definition) is 0. The number of para-hydroxylation sites is 1. The Balaban J connectivity index is 1.55. The van der Waals surface area contributed by atoms with E-state index in [1.807, 2.05) is 54.6 Å². The average molecular weight is 464 g/mol. The van der Waals surface area contributed by atoms with Gasteiger partial charge in [0.1, 0.15) is 11.5 Å². The zero-order chi connectivity index (χ0) is 23.0. The van der Waals surface area contributed by atoms with E-state index in [2.05, 4.69) is 23.9 Å². The minimum absolute atomic E-state index is 0.172. The zero-order valence-corrected chi connectivity index (χ0v) is 19.9. The summed E-state index contributed by atoms with van der Waals surface area (Å²) in [4.78, 5) is 18.1. The molecule has 0 saturated heterocycles. The maximum absolute atomic E-state index is 13.0. The van der Waals surface area contributed by atoms with Gasteiger partial charge in [-0.3, -0.25) is 4.79 Å². The van der Waals surface area contributed by atoms with Crippen LogP contribution >= 0.6 is 11.3 Å². The number of hydrogen-bond acceptors (Lipinski definition) is 6. The van der Waals surface area contributed by atoms with Crippen molar-refractivity contribution < 1.29 is 9.47 Å². The van der Waals surface area contributed by atoms with Gasteiger partial charge in [0.25, 0.3) is 5.56 Å². The van der Waals surface area contributed by atoms with Crippen LogP contribution in [-0.4, -0.2) is 27.8 Å². The van der Waals surface area contributed by atoms with E-state index in [4.69, 9.17) is 9.47 Å². The molecule has 0 bridgehead atoms. The van der Waals surface area contributed by atoms with Crippen molar-refractivity contribution in [2.75, 3.05) is 13.2 Å². The lowest BCUT2D eigenvalue weighted by atomic mass is 10.2. The Morgan fingerprint density at radius 1 is 0.939 bits per heavy atom. The molecule has 0 aliphatic carbocycles. The summed E-state index contributed by atoms with van der Waals surface area (Å²) >= 11 is 1.33. The molecule has 0 fully saturated rings. The summed E-state index contributed by atoms with van der Waals surface area (Å²) in [7, 11) is 0. The van der Waals surface area contributed by atoms with Crippen LogP contribution in [-0.2, 0) is 0 Å². The van der Waals surface area contributed by atoms with E-state index in [-0.39, 0.29) is 5.56 Å². The second kappa shape index (κ2) is 11.1. The molecule has 0 saturated carbocycles. The summed E-state index contributed by atoms with van der Waals surface area (Å²) in [6, 6.07) is 15.4. The average Bonchev–Trinajstić information content (AvgIpc) is 3.38. The van der Waals surface area contributed by atoms with Crippen LogP contribution in [0.2, 0.25) is 0 Å². The van der Waals surface area contributed by atoms with E-state index in [0.717, 1.165) is 54.7 Å². The third-order valence-corrected chi connectivity index (χ3v) is 6.23. The van der Waals surface area contributed by atoms with Crippen LogP contribution in [0.15, 0.2) is 53.3 Å². The van der Waals surface area contributed by atoms with Crippen LogP contribution in [0.4, 0.5) is 0 Å². The predicted octanol–water partition coefficient (Wildman–Crippen LogP) is 5.11. The molecule has 0 unspecified atom stereocenters. The van der Waals surface area contributed by atoms with Crippen LogP contribution in [0.25, 0.3) is 22.4 Å². The number of aromatic nitrogens is 3. The normalized spacial score (nSPS) is 11.9. The van der Waals surface area contributed by atoms with Crippen molar-refractivity contribution in [1.82, 2.24) is 14.6 Å². The minimum Gasteiger partial charge on any atom is -0.494 e. The maximum Gasteiger partial charge on any atom is 0.291 e. The molecule has 7 heteroatoms. The number of nitrogens with zero attached hydrogens (tertiary/aromatic N) is 3. The Hall–Kier alpha value is -3.19. The van der Waals surface area contributed by atoms with Gasteiger partial charge < -0.3 is 9.47 Å². The van der Waals surface area contributed by atoms with Gasteiger partial charge >= 0.3 is 0 Å². The van der Waals surface area contributed by atoms with Crippen molar-refractivity contribution in [3.63, 3.8) is 0 Å². The van der Waals surface area contributed by atoms with Gasteiger partial charge in [0.15, 0.2) is 5.82 Å². The molecule has 0 N–H and O–H groups in total. The van der Waals surface area contributed by atoms with Crippen LogP contribution in [0.3, 0.4) is 0 Å². The first-order chi connectivity index (χ1) is 16.2. The standard InChI is InChI=1S/C26H29N3O3S/c1-3-5-9-17-32-22-11-8-7-10-20(22)18-23-25(30)29-26(33-23)27-24(28-29)19-12-14-21(15-13-19)31-16-6-4-2/h7-8,10-15,18H,3-6,9,16-17H2,1-2H3/b23-18-. The Morgan fingerprint density at radius 3 is 2.45 bits per heavy atom. The predicted molar refractivity (Wildman–Crippen MR) is 133 cm³/mol. The van der Waals surface area contributed by atoms with Gasteiger partial charge in [-0.1, -0.05) is 62.6 Å². The summed E-state index contributed by atoms with van der Waals surface area (Å²) in [5.74, 6) is 2.14. The Labute approximate surface area is 197 Å². The van der Waals surface area contributed by atoms with Crippen molar-refractivity contribution in [2.24, 2.45) is 0 Å². The van der Waals surface area contributed by atoms with Crippen LogP contribution in [0.5, 0.6) is 11.5 Å². The SMILES string of the molecule is CCCCCOc1ccccc1/C=c1\sc2nc(-c3ccc(OCCCC)cc3)nn2c1=O. The smallest absolute Gasteiger partial charge is 0.291 e.